The number of rotatable bonds is 3. The van der Waals surface area contributed by atoms with Crippen molar-refractivity contribution in [2.45, 2.75) is 6.92 Å². The molecule has 4 nitrogen and oxygen atoms in total. The molecule has 2 rings (SSSR count). The minimum absolute atomic E-state index is 0.00404. The molecule has 0 aliphatic carbocycles. The van der Waals surface area contributed by atoms with Gasteiger partial charge in [-0.25, -0.2) is 0 Å². The molecular weight excluding hydrogens is 228 g/mol. The van der Waals surface area contributed by atoms with Crippen molar-refractivity contribution < 1.29 is 4.92 Å². The van der Waals surface area contributed by atoms with Gasteiger partial charge in [0, 0.05) is 23.3 Å². The fourth-order valence-electron chi connectivity index (χ4n) is 1.66. The lowest BCUT2D eigenvalue weighted by Crippen LogP contribution is -2.02. The molecule has 0 heterocycles. The zero-order chi connectivity index (χ0) is 13.1. The molecule has 0 radical (unpaired) electrons. The highest BCUT2D eigenvalue weighted by Crippen LogP contribution is 2.16. The predicted molar refractivity (Wildman–Crippen MR) is 70.2 cm³/mol. The maximum atomic E-state index is 10.7. The highest BCUT2D eigenvalue weighted by molar-refractivity contribution is 6.11. The Hall–Kier alpha value is -2.49. The maximum absolute atomic E-state index is 10.7. The number of nitrogens with zero attached hydrogens (tertiary/aromatic N) is 1. The standard InChI is InChI=1S/C14H12N2O2/c1-10-5-7-11(8-6-10)14(15)12-3-2-4-13(9-12)16(17)18/h2-9,15H,1H3. The van der Waals surface area contributed by atoms with Crippen molar-refractivity contribution in [3.8, 4) is 0 Å². The number of nitro benzene ring substituents is 1. The Labute approximate surface area is 105 Å². The molecule has 2 aromatic carbocycles. The van der Waals surface area contributed by atoms with Crippen molar-refractivity contribution in [1.29, 1.82) is 5.41 Å². The predicted octanol–water partition coefficient (Wildman–Crippen LogP) is 3.32. The molecule has 0 aliphatic rings. The highest BCUT2D eigenvalue weighted by atomic mass is 16.6. The third-order valence-electron chi connectivity index (χ3n) is 2.69. The van der Waals surface area contributed by atoms with E-state index in [-0.39, 0.29) is 5.69 Å². The minimum Gasteiger partial charge on any atom is -0.300 e. The summed E-state index contributed by atoms with van der Waals surface area (Å²) in [5, 5.41) is 18.7. The molecule has 0 unspecified atom stereocenters. The molecule has 18 heavy (non-hydrogen) atoms. The van der Waals surface area contributed by atoms with Crippen LogP contribution in [0, 0.1) is 22.4 Å². The van der Waals surface area contributed by atoms with Crippen molar-refractivity contribution in [3.05, 3.63) is 75.3 Å². The topological polar surface area (TPSA) is 67.0 Å². The van der Waals surface area contributed by atoms with E-state index < -0.39 is 4.92 Å². The minimum atomic E-state index is -0.452. The first kappa shape index (κ1) is 12.0. The van der Waals surface area contributed by atoms with Gasteiger partial charge in [0.2, 0.25) is 0 Å². The van der Waals surface area contributed by atoms with Crippen LogP contribution >= 0.6 is 0 Å². The molecule has 2 aromatic rings. The lowest BCUT2D eigenvalue weighted by molar-refractivity contribution is -0.384. The normalized spacial score (nSPS) is 10.1. The second-order valence-corrected chi connectivity index (χ2v) is 4.05. The van der Waals surface area contributed by atoms with Gasteiger partial charge >= 0.3 is 0 Å². The van der Waals surface area contributed by atoms with Crippen molar-refractivity contribution in [3.63, 3.8) is 0 Å². The first-order chi connectivity index (χ1) is 8.58. The van der Waals surface area contributed by atoms with Crippen LogP contribution in [0.1, 0.15) is 16.7 Å². The van der Waals surface area contributed by atoms with Crippen LogP contribution in [0.15, 0.2) is 48.5 Å². The number of aryl methyl sites for hydroxylation is 1. The average Bonchev–Trinajstić information content (AvgIpc) is 2.39. The van der Waals surface area contributed by atoms with E-state index in [1.807, 2.05) is 31.2 Å². The largest absolute Gasteiger partial charge is 0.300 e. The summed E-state index contributed by atoms with van der Waals surface area (Å²) in [7, 11) is 0. The monoisotopic (exact) mass is 240 g/mol. The molecule has 4 heteroatoms. The summed E-state index contributed by atoms with van der Waals surface area (Å²) in [6, 6.07) is 13.7. The van der Waals surface area contributed by atoms with Crippen LogP contribution < -0.4 is 0 Å². The van der Waals surface area contributed by atoms with Gasteiger partial charge < -0.3 is 0 Å². The van der Waals surface area contributed by atoms with Gasteiger partial charge in [0.25, 0.3) is 5.69 Å². The molecule has 0 aliphatic heterocycles. The van der Waals surface area contributed by atoms with E-state index in [4.69, 9.17) is 5.41 Å². The van der Waals surface area contributed by atoms with Crippen molar-refractivity contribution in [2.75, 3.05) is 0 Å². The van der Waals surface area contributed by atoms with Gasteiger partial charge in [-0.2, -0.15) is 0 Å². The molecule has 0 fully saturated rings. The van der Waals surface area contributed by atoms with Crippen LogP contribution in [0.2, 0.25) is 0 Å². The summed E-state index contributed by atoms with van der Waals surface area (Å²) < 4.78 is 0. The zero-order valence-corrected chi connectivity index (χ0v) is 9.88. The number of benzene rings is 2. The Morgan fingerprint density at radius 2 is 1.78 bits per heavy atom. The SMILES string of the molecule is Cc1ccc(C(=N)c2cccc([N+](=O)[O-])c2)cc1. The second-order valence-electron chi connectivity index (χ2n) is 4.05. The number of nitrogens with one attached hydrogen (secondary N) is 1. The molecule has 0 atom stereocenters. The Morgan fingerprint density at radius 3 is 2.39 bits per heavy atom. The van der Waals surface area contributed by atoms with Crippen LogP contribution in [0.25, 0.3) is 0 Å². The summed E-state index contributed by atoms with van der Waals surface area (Å²) in [4.78, 5) is 10.2. The molecule has 0 saturated carbocycles. The van der Waals surface area contributed by atoms with Gasteiger partial charge in [-0.3, -0.25) is 15.5 Å². The summed E-state index contributed by atoms with van der Waals surface area (Å²) in [6.45, 7) is 1.97. The van der Waals surface area contributed by atoms with E-state index >= 15 is 0 Å². The summed E-state index contributed by atoms with van der Waals surface area (Å²) in [5.74, 6) is 0. The van der Waals surface area contributed by atoms with Crippen LogP contribution in [0.3, 0.4) is 0 Å². The fourth-order valence-corrected chi connectivity index (χ4v) is 1.66. The zero-order valence-electron chi connectivity index (χ0n) is 9.88. The molecule has 0 spiro atoms. The van der Waals surface area contributed by atoms with E-state index in [0.29, 0.717) is 11.3 Å². The van der Waals surface area contributed by atoms with Crippen molar-refractivity contribution >= 4 is 11.4 Å². The first-order valence-electron chi connectivity index (χ1n) is 5.48. The highest BCUT2D eigenvalue weighted by Gasteiger charge is 2.10. The summed E-state index contributed by atoms with van der Waals surface area (Å²) >= 11 is 0. The van der Waals surface area contributed by atoms with Crippen LogP contribution in [0.4, 0.5) is 5.69 Å². The molecule has 90 valence electrons. The van der Waals surface area contributed by atoms with Gasteiger partial charge in [-0.1, -0.05) is 42.0 Å². The van der Waals surface area contributed by atoms with Gasteiger partial charge in [0.05, 0.1) is 10.6 Å². The third kappa shape index (κ3) is 2.43. The van der Waals surface area contributed by atoms with Gasteiger partial charge in [-0.05, 0) is 6.92 Å². The van der Waals surface area contributed by atoms with E-state index in [1.165, 1.54) is 12.1 Å². The van der Waals surface area contributed by atoms with Gasteiger partial charge in [-0.15, -0.1) is 0 Å². The Balaban J connectivity index is 2.37. The van der Waals surface area contributed by atoms with E-state index in [0.717, 1.165) is 11.1 Å². The number of hydrogen-bond acceptors (Lipinski definition) is 3. The molecular formula is C14H12N2O2. The number of non-ortho nitro benzene ring substituents is 1. The number of hydrogen-bond donors (Lipinski definition) is 1. The average molecular weight is 240 g/mol. The van der Waals surface area contributed by atoms with Crippen LogP contribution in [-0.4, -0.2) is 10.6 Å². The fraction of sp³-hybridized carbons (Fsp3) is 0.0714. The van der Waals surface area contributed by atoms with Gasteiger partial charge in [0.15, 0.2) is 0 Å². The van der Waals surface area contributed by atoms with Crippen molar-refractivity contribution in [2.24, 2.45) is 0 Å². The van der Waals surface area contributed by atoms with Crippen LogP contribution in [0.5, 0.6) is 0 Å². The summed E-state index contributed by atoms with van der Waals surface area (Å²) in [5.41, 5.74) is 2.71. The number of nitro groups is 1. The quantitative estimate of drug-likeness (QED) is 0.508. The molecule has 0 amide bonds. The first-order valence-corrected chi connectivity index (χ1v) is 5.48. The molecule has 0 saturated heterocycles. The maximum Gasteiger partial charge on any atom is 0.270 e. The Kier molecular flexibility index (Phi) is 3.19. The molecule has 0 aromatic heterocycles. The molecule has 1 N–H and O–H groups in total. The Morgan fingerprint density at radius 1 is 1.11 bits per heavy atom. The van der Waals surface area contributed by atoms with Gasteiger partial charge in [0.1, 0.15) is 0 Å². The van der Waals surface area contributed by atoms with Crippen molar-refractivity contribution in [1.82, 2.24) is 0 Å². The third-order valence-corrected chi connectivity index (χ3v) is 2.69. The van der Waals surface area contributed by atoms with Crippen LogP contribution in [-0.2, 0) is 0 Å². The Bertz CT molecular complexity index is 603. The van der Waals surface area contributed by atoms with E-state index in [2.05, 4.69) is 0 Å². The van der Waals surface area contributed by atoms with E-state index in [1.54, 1.807) is 12.1 Å². The van der Waals surface area contributed by atoms with E-state index in [9.17, 15) is 10.1 Å². The lowest BCUT2D eigenvalue weighted by atomic mass is 10.0. The summed E-state index contributed by atoms with van der Waals surface area (Å²) in [6.07, 6.45) is 0. The molecule has 0 bridgehead atoms. The smallest absolute Gasteiger partial charge is 0.270 e. The lowest BCUT2D eigenvalue weighted by Gasteiger charge is -2.04. The second kappa shape index (κ2) is 4.79.